The summed E-state index contributed by atoms with van der Waals surface area (Å²) in [5, 5.41) is 0. The lowest BCUT2D eigenvalue weighted by Crippen LogP contribution is -2.26. The third-order valence-electron chi connectivity index (χ3n) is 2.67. The lowest BCUT2D eigenvalue weighted by Gasteiger charge is -2.27. The number of ketones is 1. The minimum absolute atomic E-state index is 0.161. The van der Waals surface area contributed by atoms with Crippen LogP contribution in [-0.4, -0.2) is 11.7 Å². The maximum absolute atomic E-state index is 11.4. The number of Topliss-reactive ketones (excluding diaryl/α,β-unsaturated/α-hetero) is 1. The van der Waals surface area contributed by atoms with Gasteiger partial charge in [0.05, 0.1) is 5.88 Å². The molecule has 0 heterocycles. The first-order valence-corrected chi connectivity index (χ1v) is 5.04. The largest absolute Gasteiger partial charge is 0.298 e. The topological polar surface area (TPSA) is 17.1 Å². The quantitative estimate of drug-likeness (QED) is 0.490. The Morgan fingerprint density at radius 1 is 1.50 bits per heavy atom. The summed E-state index contributed by atoms with van der Waals surface area (Å²) < 4.78 is 0. The van der Waals surface area contributed by atoms with Crippen LogP contribution in [0.5, 0.6) is 0 Å². The molecule has 0 amide bonds. The molecule has 0 unspecified atom stereocenters. The number of hydrogen-bond acceptors (Lipinski definition) is 1. The third-order valence-corrected chi connectivity index (χ3v) is 2.93. The molecule has 2 heteroatoms. The normalized spacial score (nSPS) is 29.8. The number of hydrogen-bond donors (Lipinski definition) is 0. The molecule has 0 aromatic carbocycles. The van der Waals surface area contributed by atoms with Crippen LogP contribution in [0.4, 0.5) is 0 Å². The number of carbonyl (C=O) groups is 1. The predicted molar refractivity (Wildman–Crippen MR) is 51.4 cm³/mol. The zero-order valence-corrected chi connectivity index (χ0v) is 8.02. The van der Waals surface area contributed by atoms with Crippen LogP contribution in [0.15, 0.2) is 12.7 Å². The number of carbonyl (C=O) groups excluding carboxylic acids is 1. The molecular weight excluding hydrogens is 172 g/mol. The molecule has 0 radical (unpaired) electrons. The molecule has 1 nitrogen and oxygen atoms in total. The summed E-state index contributed by atoms with van der Waals surface area (Å²) in [5.74, 6) is 0.898. The van der Waals surface area contributed by atoms with Gasteiger partial charge in [-0.05, 0) is 18.8 Å². The molecular formula is C10H15ClO. The van der Waals surface area contributed by atoms with Crippen molar-refractivity contribution in [2.75, 3.05) is 5.88 Å². The average molecular weight is 187 g/mol. The van der Waals surface area contributed by atoms with Crippen molar-refractivity contribution in [3.05, 3.63) is 12.7 Å². The lowest BCUT2D eigenvalue weighted by atomic mass is 9.77. The minimum atomic E-state index is 0.161. The van der Waals surface area contributed by atoms with Crippen molar-refractivity contribution in [3.63, 3.8) is 0 Å². The van der Waals surface area contributed by atoms with Gasteiger partial charge in [0.25, 0.3) is 0 Å². The monoisotopic (exact) mass is 186 g/mol. The summed E-state index contributed by atoms with van der Waals surface area (Å²) >= 11 is 5.52. The van der Waals surface area contributed by atoms with Crippen LogP contribution in [0.2, 0.25) is 0 Å². The van der Waals surface area contributed by atoms with Gasteiger partial charge in [-0.15, -0.1) is 18.2 Å². The maximum atomic E-state index is 11.4. The highest BCUT2D eigenvalue weighted by molar-refractivity contribution is 6.27. The van der Waals surface area contributed by atoms with E-state index in [9.17, 15) is 4.79 Å². The van der Waals surface area contributed by atoms with E-state index in [0.717, 1.165) is 19.3 Å². The molecule has 12 heavy (non-hydrogen) atoms. The molecule has 1 fully saturated rings. The van der Waals surface area contributed by atoms with Crippen molar-refractivity contribution < 1.29 is 4.79 Å². The van der Waals surface area contributed by atoms with Crippen LogP contribution in [0, 0.1) is 11.8 Å². The first kappa shape index (κ1) is 9.79. The molecule has 0 N–H and O–H groups in total. The molecule has 0 aromatic rings. The standard InChI is InChI=1S/C10H15ClO/c1-2-8-5-3-4-6-9(8)10(12)7-11/h2,8-9H,1,3-7H2/t8-,9+/m1/s1. The van der Waals surface area contributed by atoms with E-state index < -0.39 is 0 Å². The Morgan fingerprint density at radius 3 is 2.75 bits per heavy atom. The molecule has 0 aromatic heterocycles. The molecule has 68 valence electrons. The smallest absolute Gasteiger partial charge is 0.151 e. The van der Waals surface area contributed by atoms with E-state index in [1.165, 1.54) is 6.42 Å². The summed E-state index contributed by atoms with van der Waals surface area (Å²) in [6, 6.07) is 0. The van der Waals surface area contributed by atoms with Gasteiger partial charge in [0, 0.05) is 5.92 Å². The van der Waals surface area contributed by atoms with Gasteiger partial charge in [0.2, 0.25) is 0 Å². The van der Waals surface area contributed by atoms with E-state index in [0.29, 0.717) is 5.92 Å². The van der Waals surface area contributed by atoms with Crippen LogP contribution >= 0.6 is 11.6 Å². The van der Waals surface area contributed by atoms with Gasteiger partial charge in [-0.3, -0.25) is 4.79 Å². The Kier molecular flexibility index (Phi) is 3.80. The van der Waals surface area contributed by atoms with Crippen molar-refractivity contribution in [2.45, 2.75) is 25.7 Å². The maximum Gasteiger partial charge on any atom is 0.151 e. The molecule has 1 aliphatic carbocycles. The molecule has 0 saturated heterocycles. The second-order valence-corrected chi connectivity index (χ2v) is 3.66. The SMILES string of the molecule is C=C[C@@H]1CCCC[C@@H]1C(=O)CCl. The van der Waals surface area contributed by atoms with Gasteiger partial charge >= 0.3 is 0 Å². The van der Waals surface area contributed by atoms with Crippen LogP contribution in [0.3, 0.4) is 0 Å². The lowest BCUT2D eigenvalue weighted by molar-refractivity contribution is -0.122. The highest BCUT2D eigenvalue weighted by Gasteiger charge is 2.27. The second kappa shape index (κ2) is 4.66. The van der Waals surface area contributed by atoms with Gasteiger partial charge in [-0.25, -0.2) is 0 Å². The Morgan fingerprint density at radius 2 is 2.17 bits per heavy atom. The molecule has 1 rings (SSSR count). The van der Waals surface area contributed by atoms with Crippen molar-refractivity contribution >= 4 is 17.4 Å². The van der Waals surface area contributed by atoms with E-state index in [-0.39, 0.29) is 17.6 Å². The summed E-state index contributed by atoms with van der Waals surface area (Å²) in [6.07, 6.45) is 6.41. The fourth-order valence-electron chi connectivity index (χ4n) is 1.94. The van der Waals surface area contributed by atoms with E-state index in [2.05, 4.69) is 6.58 Å². The van der Waals surface area contributed by atoms with E-state index in [1.54, 1.807) is 0 Å². The summed E-state index contributed by atoms with van der Waals surface area (Å²) in [4.78, 5) is 11.4. The molecule has 1 aliphatic rings. The third kappa shape index (κ3) is 2.10. The predicted octanol–water partition coefficient (Wildman–Crippen LogP) is 2.79. The number of rotatable bonds is 3. The summed E-state index contributed by atoms with van der Waals surface area (Å²) in [5.41, 5.74) is 0. The Balaban J connectivity index is 2.58. The van der Waals surface area contributed by atoms with Crippen LogP contribution in [0.1, 0.15) is 25.7 Å². The summed E-state index contributed by atoms with van der Waals surface area (Å²) in [7, 11) is 0. The van der Waals surface area contributed by atoms with Gasteiger partial charge in [-0.1, -0.05) is 18.9 Å². The van der Waals surface area contributed by atoms with E-state index >= 15 is 0 Å². The van der Waals surface area contributed by atoms with Gasteiger partial charge in [-0.2, -0.15) is 0 Å². The molecule has 0 bridgehead atoms. The van der Waals surface area contributed by atoms with Crippen molar-refractivity contribution in [1.82, 2.24) is 0 Å². The van der Waals surface area contributed by atoms with Crippen molar-refractivity contribution in [1.29, 1.82) is 0 Å². The highest BCUT2D eigenvalue weighted by Crippen LogP contribution is 2.31. The summed E-state index contributed by atoms with van der Waals surface area (Å²) in [6.45, 7) is 3.76. The van der Waals surface area contributed by atoms with E-state index in [1.807, 2.05) is 6.08 Å². The first-order chi connectivity index (χ1) is 5.79. The molecule has 0 spiro atoms. The Bertz CT molecular complexity index is 177. The highest BCUT2D eigenvalue weighted by atomic mass is 35.5. The van der Waals surface area contributed by atoms with Crippen LogP contribution < -0.4 is 0 Å². The van der Waals surface area contributed by atoms with Gasteiger partial charge in [0.15, 0.2) is 5.78 Å². The molecule has 2 atom stereocenters. The van der Waals surface area contributed by atoms with Gasteiger partial charge < -0.3 is 0 Å². The molecule has 0 aliphatic heterocycles. The fraction of sp³-hybridized carbons (Fsp3) is 0.700. The Labute approximate surface area is 78.8 Å². The molecule has 1 saturated carbocycles. The van der Waals surface area contributed by atoms with Crippen molar-refractivity contribution in [3.8, 4) is 0 Å². The minimum Gasteiger partial charge on any atom is -0.298 e. The van der Waals surface area contributed by atoms with E-state index in [4.69, 9.17) is 11.6 Å². The number of allylic oxidation sites excluding steroid dienone is 1. The second-order valence-electron chi connectivity index (χ2n) is 3.39. The number of halogens is 1. The zero-order valence-electron chi connectivity index (χ0n) is 7.26. The van der Waals surface area contributed by atoms with Crippen LogP contribution in [0.25, 0.3) is 0 Å². The zero-order chi connectivity index (χ0) is 8.97. The average Bonchev–Trinajstić information content (AvgIpc) is 2.16. The Hall–Kier alpha value is -0.300. The van der Waals surface area contributed by atoms with Crippen molar-refractivity contribution in [2.24, 2.45) is 11.8 Å². The van der Waals surface area contributed by atoms with Gasteiger partial charge in [0.1, 0.15) is 0 Å². The fourth-order valence-corrected chi connectivity index (χ4v) is 2.14. The van der Waals surface area contributed by atoms with Crippen LogP contribution in [-0.2, 0) is 4.79 Å². The first-order valence-electron chi connectivity index (χ1n) is 4.51. The number of alkyl halides is 1.